The highest BCUT2D eigenvalue weighted by Crippen LogP contribution is 2.31. The Balaban J connectivity index is 1.72. The van der Waals surface area contributed by atoms with E-state index in [1.165, 1.54) is 24.3 Å². The zero-order valence-electron chi connectivity index (χ0n) is 17.8. The standard InChI is InChI=1S/C22H24N4O5/c1-21(2,3)14-5-7-15(8-6-14)22(4)19(28)25(20(29)24-22)13-18(27)23-16-9-11-17(12-10-16)26(30)31/h5-12H,13H2,1-4H3,(H,23,27)(H,24,29). The van der Waals surface area contributed by atoms with Gasteiger partial charge in [-0.25, -0.2) is 4.79 Å². The Morgan fingerprint density at radius 3 is 2.19 bits per heavy atom. The molecule has 1 unspecified atom stereocenters. The maximum Gasteiger partial charge on any atom is 0.325 e. The summed E-state index contributed by atoms with van der Waals surface area (Å²) in [6, 6.07) is 12.0. The summed E-state index contributed by atoms with van der Waals surface area (Å²) < 4.78 is 0. The van der Waals surface area contributed by atoms with Crippen molar-refractivity contribution in [3.8, 4) is 0 Å². The van der Waals surface area contributed by atoms with Crippen molar-refractivity contribution in [1.29, 1.82) is 0 Å². The first-order valence-corrected chi connectivity index (χ1v) is 9.71. The van der Waals surface area contributed by atoms with Gasteiger partial charge >= 0.3 is 6.03 Å². The molecule has 4 amide bonds. The van der Waals surface area contributed by atoms with E-state index in [0.29, 0.717) is 11.3 Å². The van der Waals surface area contributed by atoms with Crippen LogP contribution in [0.25, 0.3) is 0 Å². The van der Waals surface area contributed by atoms with Crippen molar-refractivity contribution in [2.24, 2.45) is 0 Å². The highest BCUT2D eigenvalue weighted by Gasteiger charge is 2.49. The van der Waals surface area contributed by atoms with Gasteiger partial charge < -0.3 is 10.6 Å². The van der Waals surface area contributed by atoms with Crippen LogP contribution in [-0.4, -0.2) is 34.2 Å². The monoisotopic (exact) mass is 424 g/mol. The molecule has 0 bridgehead atoms. The van der Waals surface area contributed by atoms with Gasteiger partial charge in [0.05, 0.1) is 4.92 Å². The van der Waals surface area contributed by atoms with Gasteiger partial charge in [-0.15, -0.1) is 0 Å². The second-order valence-electron chi connectivity index (χ2n) is 8.63. The van der Waals surface area contributed by atoms with Crippen LogP contribution < -0.4 is 10.6 Å². The Morgan fingerprint density at radius 2 is 1.68 bits per heavy atom. The summed E-state index contributed by atoms with van der Waals surface area (Å²) in [4.78, 5) is 48.8. The number of nitro groups is 1. The average molecular weight is 424 g/mol. The summed E-state index contributed by atoms with van der Waals surface area (Å²) in [7, 11) is 0. The topological polar surface area (TPSA) is 122 Å². The molecule has 0 saturated carbocycles. The predicted octanol–water partition coefficient (Wildman–Crippen LogP) is 3.30. The molecule has 0 aromatic heterocycles. The Bertz CT molecular complexity index is 1040. The third kappa shape index (κ3) is 4.40. The fourth-order valence-corrected chi connectivity index (χ4v) is 3.35. The number of nitrogens with zero attached hydrogens (tertiary/aromatic N) is 2. The molecule has 2 aromatic rings. The molecule has 2 aromatic carbocycles. The lowest BCUT2D eigenvalue weighted by atomic mass is 9.84. The van der Waals surface area contributed by atoms with Crippen molar-refractivity contribution >= 4 is 29.2 Å². The maximum absolute atomic E-state index is 13.0. The van der Waals surface area contributed by atoms with E-state index in [-0.39, 0.29) is 11.1 Å². The summed E-state index contributed by atoms with van der Waals surface area (Å²) >= 11 is 0. The molecule has 31 heavy (non-hydrogen) atoms. The summed E-state index contributed by atoms with van der Waals surface area (Å²) in [6.45, 7) is 7.37. The molecule has 1 atom stereocenters. The van der Waals surface area contributed by atoms with E-state index >= 15 is 0 Å². The molecule has 2 N–H and O–H groups in total. The number of amides is 4. The molecule has 9 nitrogen and oxygen atoms in total. The highest BCUT2D eigenvalue weighted by molar-refractivity contribution is 6.10. The van der Waals surface area contributed by atoms with E-state index in [1.54, 1.807) is 19.1 Å². The number of rotatable bonds is 5. The minimum atomic E-state index is -1.28. The van der Waals surface area contributed by atoms with Crippen molar-refractivity contribution in [3.05, 3.63) is 69.8 Å². The van der Waals surface area contributed by atoms with E-state index < -0.39 is 34.9 Å². The van der Waals surface area contributed by atoms with Crippen molar-refractivity contribution in [1.82, 2.24) is 10.2 Å². The number of anilines is 1. The number of benzene rings is 2. The van der Waals surface area contributed by atoms with Crippen molar-refractivity contribution < 1.29 is 19.3 Å². The van der Waals surface area contributed by atoms with Gasteiger partial charge in [-0.3, -0.25) is 24.6 Å². The number of nitrogens with one attached hydrogen (secondary N) is 2. The summed E-state index contributed by atoms with van der Waals surface area (Å²) in [5.41, 5.74) is 0.600. The van der Waals surface area contributed by atoms with E-state index in [1.807, 2.05) is 12.1 Å². The lowest BCUT2D eigenvalue weighted by Crippen LogP contribution is -2.42. The van der Waals surface area contributed by atoms with Gasteiger partial charge in [-0.1, -0.05) is 45.0 Å². The number of urea groups is 1. The Kier molecular flexibility index (Phi) is 5.54. The van der Waals surface area contributed by atoms with Gasteiger partial charge in [0.2, 0.25) is 5.91 Å². The zero-order chi connectivity index (χ0) is 23.0. The molecule has 3 rings (SSSR count). The molecule has 1 heterocycles. The van der Waals surface area contributed by atoms with Gasteiger partial charge in [-0.05, 0) is 35.6 Å². The fraction of sp³-hybridized carbons (Fsp3) is 0.318. The van der Waals surface area contributed by atoms with E-state index in [0.717, 1.165) is 10.5 Å². The predicted molar refractivity (Wildman–Crippen MR) is 114 cm³/mol. The Morgan fingerprint density at radius 1 is 1.10 bits per heavy atom. The summed E-state index contributed by atoms with van der Waals surface area (Å²) in [5.74, 6) is -1.12. The molecular formula is C22H24N4O5. The first-order valence-electron chi connectivity index (χ1n) is 9.71. The normalized spacial score (nSPS) is 18.6. The minimum absolute atomic E-state index is 0.0512. The Hall–Kier alpha value is -3.75. The van der Waals surface area contributed by atoms with Crippen LogP contribution in [0.5, 0.6) is 0 Å². The molecule has 1 fully saturated rings. The van der Waals surface area contributed by atoms with Crippen LogP contribution in [0.2, 0.25) is 0 Å². The van der Waals surface area contributed by atoms with E-state index in [9.17, 15) is 24.5 Å². The number of carbonyl (C=O) groups is 3. The van der Waals surface area contributed by atoms with Crippen LogP contribution >= 0.6 is 0 Å². The van der Waals surface area contributed by atoms with Crippen LogP contribution in [0, 0.1) is 10.1 Å². The molecule has 0 spiro atoms. The lowest BCUT2D eigenvalue weighted by Gasteiger charge is -2.24. The molecule has 1 saturated heterocycles. The van der Waals surface area contributed by atoms with E-state index in [4.69, 9.17) is 0 Å². The molecule has 0 aliphatic carbocycles. The van der Waals surface area contributed by atoms with Crippen molar-refractivity contribution in [2.75, 3.05) is 11.9 Å². The Labute approximate surface area is 179 Å². The van der Waals surface area contributed by atoms with Gasteiger partial charge in [0.1, 0.15) is 12.1 Å². The molecular weight excluding hydrogens is 400 g/mol. The third-order valence-corrected chi connectivity index (χ3v) is 5.27. The zero-order valence-corrected chi connectivity index (χ0v) is 17.8. The third-order valence-electron chi connectivity index (χ3n) is 5.27. The highest BCUT2D eigenvalue weighted by atomic mass is 16.6. The summed E-state index contributed by atoms with van der Waals surface area (Å²) in [5, 5.41) is 15.9. The first-order chi connectivity index (χ1) is 14.4. The van der Waals surface area contributed by atoms with Crippen LogP contribution in [0.4, 0.5) is 16.2 Å². The average Bonchev–Trinajstić information content (AvgIpc) is 2.92. The van der Waals surface area contributed by atoms with Crippen molar-refractivity contribution in [3.63, 3.8) is 0 Å². The number of hydrogen-bond acceptors (Lipinski definition) is 5. The quantitative estimate of drug-likeness (QED) is 0.433. The summed E-state index contributed by atoms with van der Waals surface area (Å²) in [6.07, 6.45) is 0. The van der Waals surface area contributed by atoms with Crippen LogP contribution in [0.3, 0.4) is 0 Å². The number of imide groups is 1. The molecule has 1 aliphatic heterocycles. The van der Waals surface area contributed by atoms with Gasteiger partial charge in [0.15, 0.2) is 0 Å². The smallest absolute Gasteiger partial charge is 0.325 e. The van der Waals surface area contributed by atoms with Crippen LogP contribution in [-0.2, 0) is 20.5 Å². The first kappa shape index (κ1) is 21.9. The SMILES string of the molecule is CC(C)(C)c1ccc(C2(C)NC(=O)N(CC(=O)Nc3ccc([N+](=O)[O-])cc3)C2=O)cc1. The second kappa shape index (κ2) is 7.82. The van der Waals surface area contributed by atoms with Gasteiger partial charge in [0.25, 0.3) is 11.6 Å². The number of hydrogen-bond donors (Lipinski definition) is 2. The number of carbonyl (C=O) groups excluding carboxylic acids is 3. The molecule has 162 valence electrons. The van der Waals surface area contributed by atoms with Gasteiger partial charge in [-0.2, -0.15) is 0 Å². The van der Waals surface area contributed by atoms with Gasteiger partial charge in [0, 0.05) is 17.8 Å². The van der Waals surface area contributed by atoms with Crippen LogP contribution in [0.15, 0.2) is 48.5 Å². The minimum Gasteiger partial charge on any atom is -0.325 e. The largest absolute Gasteiger partial charge is 0.325 e. The van der Waals surface area contributed by atoms with Crippen LogP contribution in [0.1, 0.15) is 38.8 Å². The molecule has 0 radical (unpaired) electrons. The van der Waals surface area contributed by atoms with Crippen molar-refractivity contribution in [2.45, 2.75) is 38.6 Å². The molecule has 9 heteroatoms. The second-order valence-corrected chi connectivity index (χ2v) is 8.63. The lowest BCUT2D eigenvalue weighted by molar-refractivity contribution is -0.384. The fourth-order valence-electron chi connectivity index (χ4n) is 3.35. The number of nitro benzene ring substituents is 1. The number of non-ortho nitro benzene ring substituents is 1. The molecule has 1 aliphatic rings. The maximum atomic E-state index is 13.0. The van der Waals surface area contributed by atoms with E-state index in [2.05, 4.69) is 31.4 Å².